The van der Waals surface area contributed by atoms with Crippen LogP contribution in [-0.2, 0) is 14.8 Å². The van der Waals surface area contributed by atoms with Gasteiger partial charge in [-0.25, -0.2) is 17.9 Å². The maximum absolute atomic E-state index is 12.9. The molecular formula is C20H19ClN2O5S. The number of aryl methyl sites for hydroxylation is 2. The smallest absolute Gasteiger partial charge is 0.346 e. The van der Waals surface area contributed by atoms with E-state index in [2.05, 4.69) is 9.88 Å². The topological polar surface area (TPSA) is 98.5 Å². The second kappa shape index (κ2) is 8.26. The molecule has 0 saturated heterocycles. The summed E-state index contributed by atoms with van der Waals surface area (Å²) in [6, 6.07) is 11.5. The van der Waals surface area contributed by atoms with Crippen LogP contribution in [0.25, 0.3) is 11.3 Å². The molecule has 0 aliphatic heterocycles. The Balaban J connectivity index is 2.07. The normalized spacial score (nSPS) is 11.3. The Morgan fingerprint density at radius 3 is 2.48 bits per heavy atom. The average Bonchev–Trinajstić information content (AvgIpc) is 3.05. The summed E-state index contributed by atoms with van der Waals surface area (Å²) in [7, 11) is -4.02. The zero-order valence-corrected chi connectivity index (χ0v) is 17.6. The van der Waals surface area contributed by atoms with Crippen molar-refractivity contribution in [1.82, 2.24) is 5.16 Å². The van der Waals surface area contributed by atoms with Crippen molar-refractivity contribution in [2.75, 3.05) is 11.3 Å². The van der Waals surface area contributed by atoms with E-state index in [9.17, 15) is 13.2 Å². The fourth-order valence-electron chi connectivity index (χ4n) is 2.84. The lowest BCUT2D eigenvalue weighted by Crippen LogP contribution is -2.16. The molecule has 29 heavy (non-hydrogen) atoms. The Morgan fingerprint density at radius 1 is 1.17 bits per heavy atom. The molecule has 0 aliphatic rings. The molecule has 0 unspecified atom stereocenters. The lowest BCUT2D eigenvalue weighted by Gasteiger charge is -2.10. The highest BCUT2D eigenvalue weighted by molar-refractivity contribution is 7.92. The van der Waals surface area contributed by atoms with Gasteiger partial charge in [0, 0.05) is 10.6 Å². The number of nitrogens with zero attached hydrogens (tertiary/aromatic N) is 1. The Morgan fingerprint density at radius 2 is 1.86 bits per heavy atom. The number of anilines is 1. The molecule has 0 bridgehead atoms. The second-order valence-corrected chi connectivity index (χ2v) is 8.42. The molecule has 1 aromatic heterocycles. The molecule has 0 amide bonds. The lowest BCUT2D eigenvalue weighted by molar-refractivity contribution is 0.0528. The predicted molar refractivity (Wildman–Crippen MR) is 110 cm³/mol. The maximum Gasteiger partial charge on any atom is 0.346 e. The fourth-order valence-corrected chi connectivity index (χ4v) is 4.18. The van der Waals surface area contributed by atoms with Crippen molar-refractivity contribution in [3.63, 3.8) is 0 Å². The van der Waals surface area contributed by atoms with Crippen LogP contribution in [0.15, 0.2) is 51.9 Å². The molecule has 7 nitrogen and oxygen atoms in total. The first-order valence-corrected chi connectivity index (χ1v) is 10.6. The molecule has 0 atom stereocenters. The van der Waals surface area contributed by atoms with Gasteiger partial charge in [-0.15, -0.1) is 0 Å². The number of benzene rings is 2. The van der Waals surface area contributed by atoms with Crippen LogP contribution in [-0.4, -0.2) is 26.2 Å². The first-order chi connectivity index (χ1) is 13.7. The van der Waals surface area contributed by atoms with Gasteiger partial charge in [-0.2, -0.15) is 0 Å². The summed E-state index contributed by atoms with van der Waals surface area (Å²) >= 11 is 5.91. The molecule has 3 rings (SSSR count). The van der Waals surface area contributed by atoms with E-state index >= 15 is 0 Å². The minimum absolute atomic E-state index is 0.0716. The van der Waals surface area contributed by atoms with E-state index in [1.165, 1.54) is 6.07 Å². The second-order valence-electron chi connectivity index (χ2n) is 6.34. The summed E-state index contributed by atoms with van der Waals surface area (Å²) in [5.74, 6) is -1.06. The van der Waals surface area contributed by atoms with Crippen LogP contribution in [0.1, 0.15) is 28.4 Å². The van der Waals surface area contributed by atoms with Gasteiger partial charge in [0.15, 0.2) is 5.56 Å². The number of nitrogens with one attached hydrogen (secondary N) is 1. The van der Waals surface area contributed by atoms with E-state index in [1.807, 2.05) is 6.92 Å². The standard InChI is InChI=1S/C20H19ClN2O5S/c1-4-27-20(24)17-18(14-6-8-15(21)9-7-14)22-28-19(17)23-29(25,26)16-10-5-12(2)11-13(16)3/h5-11,23H,4H2,1-3H3. The molecule has 0 aliphatic carbocycles. The zero-order chi connectivity index (χ0) is 21.2. The minimum atomic E-state index is -4.02. The van der Waals surface area contributed by atoms with Gasteiger partial charge < -0.3 is 9.26 Å². The Hall–Kier alpha value is -2.84. The third kappa shape index (κ3) is 4.44. The van der Waals surface area contributed by atoms with E-state index in [1.54, 1.807) is 50.2 Å². The van der Waals surface area contributed by atoms with Crippen molar-refractivity contribution in [2.45, 2.75) is 25.7 Å². The van der Waals surface area contributed by atoms with Crippen molar-refractivity contribution in [3.8, 4) is 11.3 Å². The van der Waals surface area contributed by atoms with E-state index in [0.717, 1.165) is 5.56 Å². The minimum Gasteiger partial charge on any atom is -0.462 e. The number of hydrogen-bond donors (Lipinski definition) is 1. The van der Waals surface area contributed by atoms with Crippen molar-refractivity contribution in [2.24, 2.45) is 0 Å². The lowest BCUT2D eigenvalue weighted by atomic mass is 10.1. The van der Waals surface area contributed by atoms with E-state index in [4.69, 9.17) is 20.9 Å². The van der Waals surface area contributed by atoms with E-state index in [0.29, 0.717) is 16.1 Å². The molecular weight excluding hydrogens is 416 g/mol. The van der Waals surface area contributed by atoms with Crippen LogP contribution >= 0.6 is 11.6 Å². The molecule has 0 spiro atoms. The van der Waals surface area contributed by atoms with E-state index < -0.39 is 16.0 Å². The molecule has 0 fully saturated rings. The molecule has 0 saturated carbocycles. The Bertz CT molecular complexity index is 1150. The predicted octanol–water partition coefficient (Wildman–Crippen LogP) is 4.59. The molecule has 152 valence electrons. The van der Waals surface area contributed by atoms with Crippen molar-refractivity contribution < 1.29 is 22.5 Å². The number of hydrogen-bond acceptors (Lipinski definition) is 6. The summed E-state index contributed by atoms with van der Waals surface area (Å²) < 4.78 is 38.4. The quantitative estimate of drug-likeness (QED) is 0.570. The Labute approximate surface area is 173 Å². The third-order valence-electron chi connectivity index (χ3n) is 4.14. The largest absolute Gasteiger partial charge is 0.462 e. The van der Waals surface area contributed by atoms with Crippen LogP contribution in [0.3, 0.4) is 0 Å². The number of esters is 1. The maximum atomic E-state index is 12.9. The molecule has 0 radical (unpaired) electrons. The summed E-state index contributed by atoms with van der Waals surface area (Å²) in [4.78, 5) is 12.6. The van der Waals surface area contributed by atoms with Gasteiger partial charge >= 0.3 is 5.97 Å². The van der Waals surface area contributed by atoms with Gasteiger partial charge in [0.1, 0.15) is 5.69 Å². The van der Waals surface area contributed by atoms with Crippen LogP contribution in [0, 0.1) is 13.8 Å². The van der Waals surface area contributed by atoms with Gasteiger partial charge in [-0.1, -0.05) is 46.6 Å². The summed E-state index contributed by atoms with van der Waals surface area (Å²) in [6.45, 7) is 5.30. The van der Waals surface area contributed by atoms with Crippen LogP contribution < -0.4 is 4.72 Å². The van der Waals surface area contributed by atoms with Crippen molar-refractivity contribution >= 4 is 33.5 Å². The summed E-state index contributed by atoms with van der Waals surface area (Å²) in [5, 5.41) is 4.39. The number of aromatic nitrogens is 1. The molecule has 1 N–H and O–H groups in total. The van der Waals surface area contributed by atoms with Gasteiger partial charge in [0.05, 0.1) is 11.5 Å². The fraction of sp³-hybridized carbons (Fsp3) is 0.200. The number of carbonyl (C=O) groups is 1. The number of halogens is 1. The van der Waals surface area contributed by atoms with Crippen LogP contribution in [0.2, 0.25) is 5.02 Å². The first-order valence-electron chi connectivity index (χ1n) is 8.75. The average molecular weight is 435 g/mol. The van der Waals surface area contributed by atoms with Gasteiger partial charge in [0.2, 0.25) is 0 Å². The van der Waals surface area contributed by atoms with E-state index in [-0.39, 0.29) is 28.6 Å². The van der Waals surface area contributed by atoms with Crippen molar-refractivity contribution in [1.29, 1.82) is 0 Å². The highest BCUT2D eigenvalue weighted by Gasteiger charge is 2.29. The monoisotopic (exact) mass is 434 g/mol. The Kier molecular flexibility index (Phi) is 5.95. The SMILES string of the molecule is CCOC(=O)c1c(-c2ccc(Cl)cc2)noc1NS(=O)(=O)c1ccc(C)cc1C. The van der Waals surface area contributed by atoms with Crippen molar-refractivity contribution in [3.05, 3.63) is 64.2 Å². The van der Waals surface area contributed by atoms with Crippen LogP contribution in [0.4, 0.5) is 5.88 Å². The number of ether oxygens (including phenoxy) is 1. The third-order valence-corrected chi connectivity index (χ3v) is 5.88. The highest BCUT2D eigenvalue weighted by atomic mass is 35.5. The molecule has 2 aromatic carbocycles. The van der Waals surface area contributed by atoms with Gasteiger partial charge in [0.25, 0.3) is 15.9 Å². The molecule has 1 heterocycles. The first kappa shape index (κ1) is 20.9. The van der Waals surface area contributed by atoms with Crippen LogP contribution in [0.5, 0.6) is 0 Å². The summed E-state index contributed by atoms with van der Waals surface area (Å²) in [5.41, 5.74) is 2.06. The number of sulfonamides is 1. The number of carbonyl (C=O) groups excluding carboxylic acids is 1. The van der Waals surface area contributed by atoms with Gasteiger partial charge in [-0.3, -0.25) is 0 Å². The molecule has 3 aromatic rings. The zero-order valence-electron chi connectivity index (χ0n) is 16.0. The number of rotatable bonds is 6. The summed E-state index contributed by atoms with van der Waals surface area (Å²) in [6.07, 6.45) is 0. The molecule has 9 heteroatoms. The highest BCUT2D eigenvalue weighted by Crippen LogP contribution is 2.32. The van der Waals surface area contributed by atoms with Gasteiger partial charge in [-0.05, 0) is 44.5 Å².